The van der Waals surface area contributed by atoms with E-state index in [1.54, 1.807) is 0 Å². The highest BCUT2D eigenvalue weighted by Gasteiger charge is 2.25. The average molecular weight is 186 g/mol. The lowest BCUT2D eigenvalue weighted by Crippen LogP contribution is -2.27. The maximum absolute atomic E-state index is 12.7. The predicted molar refractivity (Wildman–Crippen MR) is 39.6 cm³/mol. The number of aromatic carboxylic acids is 1. The second kappa shape index (κ2) is 2.72. The molecule has 0 amide bonds. The highest BCUT2D eigenvalue weighted by Crippen LogP contribution is 2.22. The first-order chi connectivity index (χ1) is 6.18. The molecule has 13 heavy (non-hydrogen) atoms. The number of aromatic nitrogens is 2. The molecule has 5 nitrogen and oxygen atoms in total. The first-order valence-electron chi connectivity index (χ1n) is 3.74. The quantitative estimate of drug-likeness (QED) is 0.685. The van der Waals surface area contributed by atoms with Gasteiger partial charge in [-0.15, -0.1) is 0 Å². The molecule has 6 heteroatoms. The van der Waals surface area contributed by atoms with E-state index in [1.165, 1.54) is 4.68 Å². The molecular weight excluding hydrogens is 179 g/mol. The number of carboxylic acids is 1. The van der Waals surface area contributed by atoms with Crippen LogP contribution < -0.4 is 4.74 Å². The molecule has 0 saturated carbocycles. The zero-order chi connectivity index (χ0) is 9.42. The van der Waals surface area contributed by atoms with Crippen LogP contribution in [0.2, 0.25) is 0 Å². The number of ether oxygens (including phenoxy) is 1. The molecule has 1 aromatic rings. The molecule has 2 heterocycles. The molecule has 70 valence electrons. The first kappa shape index (κ1) is 8.03. The Bertz CT molecular complexity index is 350. The number of carbonyl (C=O) groups is 1. The molecule has 1 aliphatic rings. The number of fused-ring (bicyclic) bond motifs is 1. The standard InChI is InChI=1S/C7H7FN2O3/c8-4-2-10-6(13-3-4)5(1-9-10)7(11)12/h1,4H,2-3H2,(H,11,12). The van der Waals surface area contributed by atoms with Gasteiger partial charge >= 0.3 is 5.97 Å². The molecule has 0 fully saturated rings. The van der Waals surface area contributed by atoms with E-state index < -0.39 is 12.1 Å². The number of carboxylic acid groups (broad SMARTS) is 1. The molecular formula is C7H7FN2O3. The summed E-state index contributed by atoms with van der Waals surface area (Å²) in [6, 6.07) is 0. The Balaban J connectivity index is 2.39. The Labute approximate surface area is 72.7 Å². The number of hydrogen-bond acceptors (Lipinski definition) is 3. The van der Waals surface area contributed by atoms with Crippen LogP contribution in [0.15, 0.2) is 6.20 Å². The van der Waals surface area contributed by atoms with Crippen LogP contribution in [0.3, 0.4) is 0 Å². The SMILES string of the molecule is O=C(O)c1cnn2c1OCC(F)C2. The molecule has 1 atom stereocenters. The van der Waals surface area contributed by atoms with Crippen LogP contribution in [0, 0.1) is 0 Å². The van der Waals surface area contributed by atoms with Gasteiger partial charge in [-0.2, -0.15) is 5.10 Å². The highest BCUT2D eigenvalue weighted by molar-refractivity contribution is 5.90. The summed E-state index contributed by atoms with van der Waals surface area (Å²) in [6.45, 7) is -0.0470. The van der Waals surface area contributed by atoms with Crippen LogP contribution in [0.1, 0.15) is 10.4 Å². The molecule has 2 rings (SSSR count). The molecule has 0 aromatic carbocycles. The number of nitrogens with zero attached hydrogens (tertiary/aromatic N) is 2. The van der Waals surface area contributed by atoms with E-state index in [-0.39, 0.29) is 24.6 Å². The lowest BCUT2D eigenvalue weighted by Gasteiger charge is -2.18. The highest BCUT2D eigenvalue weighted by atomic mass is 19.1. The fourth-order valence-corrected chi connectivity index (χ4v) is 1.21. The normalized spacial score (nSPS) is 20.5. The minimum atomic E-state index is -1.12. The third kappa shape index (κ3) is 1.24. The number of alkyl halides is 1. The van der Waals surface area contributed by atoms with Crippen molar-refractivity contribution in [1.29, 1.82) is 0 Å². The van der Waals surface area contributed by atoms with E-state index in [1.807, 2.05) is 0 Å². The molecule has 1 unspecified atom stereocenters. The summed E-state index contributed by atoms with van der Waals surface area (Å²) in [5.74, 6) is -0.972. The lowest BCUT2D eigenvalue weighted by molar-refractivity contribution is 0.0681. The molecule has 0 aliphatic carbocycles. The van der Waals surface area contributed by atoms with Crippen LogP contribution >= 0.6 is 0 Å². The van der Waals surface area contributed by atoms with Crippen LogP contribution in [0.4, 0.5) is 4.39 Å². The first-order valence-corrected chi connectivity index (χ1v) is 3.74. The molecule has 0 spiro atoms. The number of rotatable bonds is 1. The van der Waals surface area contributed by atoms with Gasteiger partial charge in [0.05, 0.1) is 12.7 Å². The molecule has 0 radical (unpaired) electrons. The van der Waals surface area contributed by atoms with Crippen molar-refractivity contribution in [3.8, 4) is 5.88 Å². The number of hydrogen-bond donors (Lipinski definition) is 1. The molecule has 1 aliphatic heterocycles. The van der Waals surface area contributed by atoms with Gasteiger partial charge in [0.15, 0.2) is 6.17 Å². The van der Waals surface area contributed by atoms with Crippen molar-refractivity contribution in [3.63, 3.8) is 0 Å². The van der Waals surface area contributed by atoms with Crippen molar-refractivity contribution in [1.82, 2.24) is 9.78 Å². The summed E-state index contributed by atoms with van der Waals surface area (Å²) >= 11 is 0. The van der Waals surface area contributed by atoms with Crippen molar-refractivity contribution in [3.05, 3.63) is 11.8 Å². The summed E-state index contributed by atoms with van der Waals surface area (Å²) in [5.41, 5.74) is -0.0214. The Morgan fingerprint density at radius 2 is 2.62 bits per heavy atom. The van der Waals surface area contributed by atoms with Gasteiger partial charge in [0.1, 0.15) is 12.2 Å². The third-order valence-corrected chi connectivity index (χ3v) is 1.79. The van der Waals surface area contributed by atoms with E-state index in [0.717, 1.165) is 6.20 Å². The lowest BCUT2D eigenvalue weighted by atomic mass is 10.3. The van der Waals surface area contributed by atoms with Crippen molar-refractivity contribution < 1.29 is 19.0 Å². The van der Waals surface area contributed by atoms with Gasteiger partial charge in [0, 0.05) is 0 Å². The molecule has 0 bridgehead atoms. The number of halogens is 1. The summed E-state index contributed by atoms with van der Waals surface area (Å²) < 4.78 is 18.9. The van der Waals surface area contributed by atoms with Gasteiger partial charge in [0.2, 0.25) is 5.88 Å². The van der Waals surface area contributed by atoms with Crippen molar-refractivity contribution in [2.45, 2.75) is 12.7 Å². The van der Waals surface area contributed by atoms with Crippen LogP contribution in [-0.2, 0) is 6.54 Å². The average Bonchev–Trinajstić information content (AvgIpc) is 2.46. The minimum Gasteiger partial charge on any atom is -0.477 e. The summed E-state index contributed by atoms with van der Waals surface area (Å²) in [6.07, 6.45) is 0.0458. The Hall–Kier alpha value is -1.59. The summed E-state index contributed by atoms with van der Waals surface area (Å²) in [5, 5.41) is 12.4. The van der Waals surface area contributed by atoms with Gasteiger partial charge in [-0.25, -0.2) is 13.9 Å². The Morgan fingerprint density at radius 3 is 3.31 bits per heavy atom. The zero-order valence-corrected chi connectivity index (χ0v) is 6.61. The van der Waals surface area contributed by atoms with E-state index in [4.69, 9.17) is 9.84 Å². The van der Waals surface area contributed by atoms with Crippen molar-refractivity contribution in [2.75, 3.05) is 6.61 Å². The van der Waals surface area contributed by atoms with Gasteiger partial charge in [-0.1, -0.05) is 0 Å². The second-order valence-corrected chi connectivity index (χ2v) is 2.76. The van der Waals surface area contributed by atoms with Crippen molar-refractivity contribution >= 4 is 5.97 Å². The van der Waals surface area contributed by atoms with Crippen LogP contribution in [0.25, 0.3) is 0 Å². The topological polar surface area (TPSA) is 64.3 Å². The molecule has 1 N–H and O–H groups in total. The van der Waals surface area contributed by atoms with Gasteiger partial charge in [-0.05, 0) is 0 Å². The van der Waals surface area contributed by atoms with E-state index in [0.29, 0.717) is 0 Å². The molecule has 0 saturated heterocycles. The minimum absolute atomic E-state index is 0.0214. The molecule has 1 aromatic heterocycles. The van der Waals surface area contributed by atoms with Crippen LogP contribution in [-0.4, -0.2) is 33.6 Å². The Morgan fingerprint density at radius 1 is 1.85 bits per heavy atom. The largest absolute Gasteiger partial charge is 0.477 e. The van der Waals surface area contributed by atoms with E-state index >= 15 is 0 Å². The summed E-state index contributed by atoms with van der Waals surface area (Å²) in [4.78, 5) is 10.6. The third-order valence-electron chi connectivity index (χ3n) is 1.79. The second-order valence-electron chi connectivity index (χ2n) is 2.76. The maximum atomic E-state index is 12.7. The van der Waals surface area contributed by atoms with Gasteiger partial charge in [0.25, 0.3) is 0 Å². The zero-order valence-electron chi connectivity index (χ0n) is 6.61. The van der Waals surface area contributed by atoms with Gasteiger partial charge in [-0.3, -0.25) is 0 Å². The fourth-order valence-electron chi connectivity index (χ4n) is 1.21. The summed E-state index contributed by atoms with van der Waals surface area (Å²) in [7, 11) is 0. The van der Waals surface area contributed by atoms with Crippen molar-refractivity contribution in [2.24, 2.45) is 0 Å². The predicted octanol–water partition coefficient (Wildman–Crippen LogP) is 0.312. The van der Waals surface area contributed by atoms with E-state index in [2.05, 4.69) is 5.10 Å². The van der Waals surface area contributed by atoms with E-state index in [9.17, 15) is 9.18 Å². The smallest absolute Gasteiger partial charge is 0.342 e. The fraction of sp³-hybridized carbons (Fsp3) is 0.429. The van der Waals surface area contributed by atoms with Crippen LogP contribution in [0.5, 0.6) is 5.88 Å². The van der Waals surface area contributed by atoms with Gasteiger partial charge < -0.3 is 9.84 Å². The Kier molecular flexibility index (Phi) is 1.68. The maximum Gasteiger partial charge on any atom is 0.342 e. The monoisotopic (exact) mass is 186 g/mol.